The summed E-state index contributed by atoms with van der Waals surface area (Å²) in [6.45, 7) is 8.66. The van der Waals surface area contributed by atoms with Crippen molar-refractivity contribution in [2.75, 3.05) is 0 Å². The maximum atomic E-state index is 4.45. The van der Waals surface area contributed by atoms with E-state index in [9.17, 15) is 0 Å². The highest BCUT2D eigenvalue weighted by Crippen LogP contribution is 2.23. The highest BCUT2D eigenvalue weighted by Gasteiger charge is 2.01. The zero-order valence-electron chi connectivity index (χ0n) is 14.7. The second-order valence-corrected chi connectivity index (χ2v) is 5.66. The Hall–Kier alpha value is -2.18. The highest BCUT2D eigenvalue weighted by molar-refractivity contribution is 5.62. The monoisotopic (exact) mass is 306 g/mol. The maximum Gasteiger partial charge on any atom is 0.100 e. The van der Waals surface area contributed by atoms with Crippen LogP contribution < -0.4 is 0 Å². The van der Waals surface area contributed by atoms with Crippen LogP contribution in [0.1, 0.15) is 49.9 Å². The predicted molar refractivity (Wildman–Crippen MR) is 99.6 cm³/mol. The van der Waals surface area contributed by atoms with E-state index in [0.29, 0.717) is 0 Å². The first kappa shape index (κ1) is 17.2. The van der Waals surface area contributed by atoms with Crippen LogP contribution >= 0.6 is 0 Å². The Bertz CT molecular complexity index is 663. The lowest BCUT2D eigenvalue weighted by molar-refractivity contribution is 1.08. The molecular formula is C21H26N2. The third kappa shape index (κ3) is 4.40. The van der Waals surface area contributed by atoms with Crippen molar-refractivity contribution >= 4 is 17.4 Å². The number of benzene rings is 2. The van der Waals surface area contributed by atoms with Gasteiger partial charge in [0.2, 0.25) is 0 Å². The molecule has 2 aromatic carbocycles. The van der Waals surface area contributed by atoms with E-state index in [0.717, 1.165) is 37.1 Å². The van der Waals surface area contributed by atoms with Crippen molar-refractivity contribution in [3.05, 3.63) is 58.7 Å². The summed E-state index contributed by atoms with van der Waals surface area (Å²) in [4.78, 5) is 8.90. The molecule has 2 rings (SSSR count). The Morgan fingerprint density at radius 3 is 1.43 bits per heavy atom. The lowest BCUT2D eigenvalue weighted by atomic mass is 10.0. The van der Waals surface area contributed by atoms with Gasteiger partial charge in [0.25, 0.3) is 0 Å². The molecule has 0 fully saturated rings. The summed E-state index contributed by atoms with van der Waals surface area (Å²) in [6, 6.07) is 15.8. The van der Waals surface area contributed by atoms with Crippen LogP contribution in [0.4, 0.5) is 11.4 Å². The Balaban J connectivity index is 2.31. The lowest BCUT2D eigenvalue weighted by Gasteiger charge is -2.05. The van der Waals surface area contributed by atoms with Gasteiger partial charge in [-0.1, -0.05) is 52.0 Å². The molecule has 2 aromatic rings. The van der Waals surface area contributed by atoms with Crippen LogP contribution in [-0.4, -0.2) is 6.01 Å². The molecule has 2 nitrogen and oxygen atoms in total. The fourth-order valence-electron chi connectivity index (χ4n) is 2.63. The van der Waals surface area contributed by atoms with Crippen molar-refractivity contribution in [1.29, 1.82) is 0 Å². The van der Waals surface area contributed by atoms with Gasteiger partial charge >= 0.3 is 0 Å². The summed E-state index contributed by atoms with van der Waals surface area (Å²) in [6.07, 6.45) is 4.04. The number of hydrogen-bond donors (Lipinski definition) is 0. The van der Waals surface area contributed by atoms with Crippen molar-refractivity contribution in [2.24, 2.45) is 9.98 Å². The smallest absolute Gasteiger partial charge is 0.100 e. The fourth-order valence-corrected chi connectivity index (χ4v) is 2.63. The number of aliphatic imine (C=N–C) groups is 2. The van der Waals surface area contributed by atoms with Crippen LogP contribution in [0, 0.1) is 0 Å². The molecule has 0 unspecified atom stereocenters. The molecule has 0 aliphatic carbocycles. The fraction of sp³-hybridized carbons (Fsp3) is 0.381. The maximum absolute atomic E-state index is 4.45. The van der Waals surface area contributed by atoms with Crippen LogP contribution in [-0.2, 0) is 25.7 Å². The third-order valence-corrected chi connectivity index (χ3v) is 4.21. The minimum Gasteiger partial charge on any atom is -0.187 e. The second-order valence-electron chi connectivity index (χ2n) is 5.66. The van der Waals surface area contributed by atoms with E-state index in [-0.39, 0.29) is 0 Å². The molecule has 0 spiro atoms. The molecule has 2 heteroatoms. The van der Waals surface area contributed by atoms with Crippen LogP contribution in [0.15, 0.2) is 46.4 Å². The van der Waals surface area contributed by atoms with Crippen molar-refractivity contribution in [3.63, 3.8) is 0 Å². The second kappa shape index (κ2) is 8.45. The van der Waals surface area contributed by atoms with E-state index in [4.69, 9.17) is 0 Å². The van der Waals surface area contributed by atoms with Crippen molar-refractivity contribution in [3.8, 4) is 0 Å². The van der Waals surface area contributed by atoms with Gasteiger partial charge in [0.1, 0.15) is 6.01 Å². The zero-order valence-corrected chi connectivity index (χ0v) is 14.7. The van der Waals surface area contributed by atoms with Crippen LogP contribution in [0.2, 0.25) is 0 Å². The number of hydrogen-bond acceptors (Lipinski definition) is 2. The molecule has 120 valence electrons. The first-order valence-corrected chi connectivity index (χ1v) is 8.61. The lowest BCUT2D eigenvalue weighted by Crippen LogP contribution is -1.87. The Morgan fingerprint density at radius 2 is 1.09 bits per heavy atom. The molecule has 0 saturated heterocycles. The summed E-state index contributed by atoms with van der Waals surface area (Å²) in [5.74, 6) is 0. The molecule has 23 heavy (non-hydrogen) atoms. The van der Waals surface area contributed by atoms with Crippen LogP contribution in [0.25, 0.3) is 0 Å². The van der Waals surface area contributed by atoms with Gasteiger partial charge in [-0.2, -0.15) is 9.98 Å². The normalized spacial score (nSPS) is 10.3. The molecule has 0 radical (unpaired) electrons. The van der Waals surface area contributed by atoms with Crippen LogP contribution in [0.3, 0.4) is 0 Å². The Kier molecular flexibility index (Phi) is 6.31. The largest absolute Gasteiger partial charge is 0.187 e. The van der Waals surface area contributed by atoms with Gasteiger partial charge in [-0.05, 0) is 60.1 Å². The first-order valence-electron chi connectivity index (χ1n) is 8.61. The van der Waals surface area contributed by atoms with Gasteiger partial charge in [0.15, 0.2) is 0 Å². The number of nitrogens with zero attached hydrogens (tertiary/aromatic N) is 2. The SMILES string of the molecule is CCc1ccc(N=C=Nc2ccc(CC)cc2CC)c(CC)c1. The average Bonchev–Trinajstić information content (AvgIpc) is 2.61. The van der Waals surface area contributed by atoms with E-state index in [1.54, 1.807) is 0 Å². The van der Waals surface area contributed by atoms with Gasteiger partial charge in [-0.3, -0.25) is 0 Å². The van der Waals surface area contributed by atoms with Gasteiger partial charge < -0.3 is 0 Å². The molecule has 0 aliphatic rings. The van der Waals surface area contributed by atoms with E-state index in [1.165, 1.54) is 22.3 Å². The topological polar surface area (TPSA) is 24.7 Å². The third-order valence-electron chi connectivity index (χ3n) is 4.21. The quantitative estimate of drug-likeness (QED) is 0.578. The standard InChI is InChI=1S/C21H26N2/c1-5-16-9-11-20(18(7-3)13-16)22-15-23-21-12-10-17(6-2)14-19(21)8-4/h9-14H,5-8H2,1-4H3. The number of rotatable bonds is 6. The molecule has 0 N–H and O–H groups in total. The molecule has 0 aromatic heterocycles. The van der Waals surface area contributed by atoms with E-state index in [1.807, 2.05) is 0 Å². The molecule has 0 amide bonds. The molecule has 0 aliphatic heterocycles. The minimum absolute atomic E-state index is 0.969. The molecular weight excluding hydrogens is 280 g/mol. The van der Waals surface area contributed by atoms with E-state index < -0.39 is 0 Å². The van der Waals surface area contributed by atoms with Crippen LogP contribution in [0.5, 0.6) is 0 Å². The van der Waals surface area contributed by atoms with E-state index >= 15 is 0 Å². The summed E-state index contributed by atoms with van der Waals surface area (Å²) in [7, 11) is 0. The first-order chi connectivity index (χ1) is 11.2. The van der Waals surface area contributed by atoms with Gasteiger partial charge in [-0.25, -0.2) is 0 Å². The summed E-state index contributed by atoms with van der Waals surface area (Å²) in [5, 5.41) is 0. The van der Waals surface area contributed by atoms with Crippen molar-refractivity contribution in [2.45, 2.75) is 53.4 Å². The summed E-state index contributed by atoms with van der Waals surface area (Å²) >= 11 is 0. The molecule has 0 saturated carbocycles. The van der Waals surface area contributed by atoms with Gasteiger partial charge in [0, 0.05) is 0 Å². The predicted octanol–water partition coefficient (Wildman–Crippen LogP) is 6.07. The van der Waals surface area contributed by atoms with Gasteiger partial charge in [0.05, 0.1) is 11.4 Å². The van der Waals surface area contributed by atoms with E-state index in [2.05, 4.69) is 80.1 Å². The Morgan fingerprint density at radius 1 is 0.652 bits per heavy atom. The zero-order chi connectivity index (χ0) is 16.7. The molecule has 0 heterocycles. The van der Waals surface area contributed by atoms with Gasteiger partial charge in [-0.15, -0.1) is 0 Å². The molecule has 0 atom stereocenters. The summed E-state index contributed by atoms with van der Waals surface area (Å²) < 4.78 is 0. The van der Waals surface area contributed by atoms with Crippen molar-refractivity contribution in [1.82, 2.24) is 0 Å². The minimum atomic E-state index is 0.969. The Labute approximate surface area is 140 Å². The number of aryl methyl sites for hydroxylation is 4. The average molecular weight is 306 g/mol. The summed E-state index contributed by atoms with van der Waals surface area (Å²) in [5.41, 5.74) is 7.14. The highest BCUT2D eigenvalue weighted by atomic mass is 14.8. The molecule has 0 bridgehead atoms. The van der Waals surface area contributed by atoms with Crippen molar-refractivity contribution < 1.29 is 0 Å².